The summed E-state index contributed by atoms with van der Waals surface area (Å²) in [7, 11) is 3.42. The van der Waals surface area contributed by atoms with Crippen LogP contribution in [0.25, 0.3) is 0 Å². The molecule has 31 heavy (non-hydrogen) atoms. The third-order valence-electron chi connectivity index (χ3n) is 6.70. The summed E-state index contributed by atoms with van der Waals surface area (Å²) in [5, 5.41) is 9.79. The molecule has 3 rings (SSSR count). The molecule has 2 fully saturated rings. The van der Waals surface area contributed by atoms with Gasteiger partial charge in [-0.3, -0.25) is 14.7 Å². The predicted molar refractivity (Wildman–Crippen MR) is 126 cm³/mol. The zero-order chi connectivity index (χ0) is 22.1. The van der Waals surface area contributed by atoms with Crippen LogP contribution in [0, 0.1) is 0 Å². The van der Waals surface area contributed by atoms with Gasteiger partial charge in [-0.05, 0) is 50.3 Å². The molecule has 1 aliphatic heterocycles. The summed E-state index contributed by atoms with van der Waals surface area (Å²) in [5.74, 6) is 1.91. The molecule has 2 aliphatic rings. The van der Waals surface area contributed by atoms with Crippen molar-refractivity contribution in [3.05, 3.63) is 29.8 Å². The molecule has 0 spiro atoms. The molecule has 0 atom stereocenters. The number of likely N-dealkylation sites (N-methyl/N-ethyl adjacent to an activating group) is 1. The van der Waals surface area contributed by atoms with Crippen LogP contribution >= 0.6 is 0 Å². The molecule has 0 radical (unpaired) electrons. The first kappa shape index (κ1) is 23.4. The molecule has 0 aromatic heterocycles. The van der Waals surface area contributed by atoms with Gasteiger partial charge in [0.15, 0.2) is 5.96 Å². The summed E-state index contributed by atoms with van der Waals surface area (Å²) < 4.78 is 5.47. The molecule has 1 heterocycles. The number of amides is 1. The molecule has 1 aromatic rings. The van der Waals surface area contributed by atoms with Gasteiger partial charge in [-0.15, -0.1) is 0 Å². The minimum atomic E-state index is 0.0840. The van der Waals surface area contributed by atoms with Crippen LogP contribution < -0.4 is 20.7 Å². The standard InChI is InChI=1S/C24H39N5O2/c1-4-26-23(28-20-10-14-29(15-11-20)17-22(30)25-2)27-18-24(12-5-6-13-24)19-8-7-9-21(16-19)31-3/h7-9,16,20H,4-6,10-15,17-18H2,1-3H3,(H,25,30)(H2,26,27,28). The second-order valence-corrected chi connectivity index (χ2v) is 8.78. The SMILES string of the molecule is CCNC(=NCC1(c2cccc(OC)c2)CCCC1)NC1CCN(CC(=O)NC)CC1. The first-order valence-electron chi connectivity index (χ1n) is 11.7. The van der Waals surface area contributed by atoms with Crippen LogP contribution in [0.5, 0.6) is 5.75 Å². The summed E-state index contributed by atoms with van der Waals surface area (Å²) in [6, 6.07) is 8.90. The largest absolute Gasteiger partial charge is 0.497 e. The second-order valence-electron chi connectivity index (χ2n) is 8.78. The average molecular weight is 430 g/mol. The number of nitrogens with one attached hydrogen (secondary N) is 3. The molecule has 7 nitrogen and oxygen atoms in total. The molecule has 3 N–H and O–H groups in total. The quantitative estimate of drug-likeness (QED) is 0.437. The summed E-state index contributed by atoms with van der Waals surface area (Å²) >= 11 is 0. The van der Waals surface area contributed by atoms with Crippen LogP contribution in [-0.2, 0) is 10.2 Å². The van der Waals surface area contributed by atoms with Gasteiger partial charge in [0.1, 0.15) is 5.75 Å². The van der Waals surface area contributed by atoms with Crippen molar-refractivity contribution in [2.75, 3.05) is 46.9 Å². The number of ether oxygens (including phenoxy) is 1. The summed E-state index contributed by atoms with van der Waals surface area (Å²) in [4.78, 5) is 18.9. The molecule has 172 valence electrons. The molecule has 1 aliphatic carbocycles. The van der Waals surface area contributed by atoms with Gasteiger partial charge in [-0.2, -0.15) is 0 Å². The minimum absolute atomic E-state index is 0.0840. The van der Waals surface area contributed by atoms with E-state index in [1.54, 1.807) is 14.2 Å². The number of piperidine rings is 1. The predicted octanol–water partition coefficient (Wildman–Crippen LogP) is 2.27. The lowest BCUT2D eigenvalue weighted by atomic mass is 9.79. The fraction of sp³-hybridized carbons (Fsp3) is 0.667. The Labute approximate surface area is 187 Å². The van der Waals surface area contributed by atoms with E-state index in [1.165, 1.54) is 31.2 Å². The van der Waals surface area contributed by atoms with Crippen LogP contribution in [0.4, 0.5) is 0 Å². The van der Waals surface area contributed by atoms with Gasteiger partial charge in [0.25, 0.3) is 0 Å². The van der Waals surface area contributed by atoms with Crippen molar-refractivity contribution in [3.8, 4) is 5.75 Å². The van der Waals surface area contributed by atoms with Gasteiger partial charge in [0.05, 0.1) is 20.2 Å². The van der Waals surface area contributed by atoms with Gasteiger partial charge in [-0.25, -0.2) is 0 Å². The topological polar surface area (TPSA) is 78.0 Å². The number of rotatable bonds is 8. The highest BCUT2D eigenvalue weighted by Gasteiger charge is 2.36. The monoisotopic (exact) mass is 429 g/mol. The molecule has 0 unspecified atom stereocenters. The highest BCUT2D eigenvalue weighted by atomic mass is 16.5. The maximum absolute atomic E-state index is 11.6. The first-order chi connectivity index (χ1) is 15.1. The van der Waals surface area contributed by atoms with Crippen molar-refractivity contribution in [1.82, 2.24) is 20.9 Å². The summed E-state index contributed by atoms with van der Waals surface area (Å²) in [5.41, 5.74) is 1.43. The van der Waals surface area contributed by atoms with Crippen LogP contribution in [0.15, 0.2) is 29.3 Å². The van der Waals surface area contributed by atoms with Crippen LogP contribution in [0.1, 0.15) is 51.0 Å². The highest BCUT2D eigenvalue weighted by molar-refractivity contribution is 5.80. The Morgan fingerprint density at radius 3 is 2.65 bits per heavy atom. The Kier molecular flexibility index (Phi) is 8.58. The number of carbonyl (C=O) groups excluding carboxylic acids is 1. The van der Waals surface area contributed by atoms with E-state index in [0.717, 1.165) is 50.7 Å². The Bertz CT molecular complexity index is 737. The van der Waals surface area contributed by atoms with E-state index in [4.69, 9.17) is 9.73 Å². The maximum atomic E-state index is 11.6. The van der Waals surface area contributed by atoms with E-state index >= 15 is 0 Å². The number of methoxy groups -OCH3 is 1. The molecule has 0 bridgehead atoms. The zero-order valence-corrected chi connectivity index (χ0v) is 19.4. The van der Waals surface area contributed by atoms with Crippen LogP contribution in [0.3, 0.4) is 0 Å². The average Bonchev–Trinajstić information content (AvgIpc) is 3.29. The number of carbonyl (C=O) groups is 1. The summed E-state index contributed by atoms with van der Waals surface area (Å²) in [6.45, 7) is 6.08. The number of guanidine groups is 1. The van der Waals surface area contributed by atoms with Crippen molar-refractivity contribution in [2.24, 2.45) is 4.99 Å². The number of hydrogen-bond acceptors (Lipinski definition) is 4. The normalized spacial score (nSPS) is 19.8. The molecular formula is C24H39N5O2. The Balaban J connectivity index is 1.63. The van der Waals surface area contributed by atoms with E-state index < -0.39 is 0 Å². The van der Waals surface area contributed by atoms with Gasteiger partial charge in [-0.1, -0.05) is 25.0 Å². The van der Waals surface area contributed by atoms with E-state index in [9.17, 15) is 4.79 Å². The zero-order valence-electron chi connectivity index (χ0n) is 19.4. The van der Waals surface area contributed by atoms with Gasteiger partial charge >= 0.3 is 0 Å². The van der Waals surface area contributed by atoms with E-state index in [1.807, 2.05) is 6.07 Å². The molecule has 7 heteroatoms. The summed E-state index contributed by atoms with van der Waals surface area (Å²) in [6.07, 6.45) is 6.87. The van der Waals surface area contributed by atoms with Gasteiger partial charge < -0.3 is 20.7 Å². The molecular weight excluding hydrogens is 390 g/mol. The van der Waals surface area contributed by atoms with Crippen LogP contribution in [0.2, 0.25) is 0 Å². The highest BCUT2D eigenvalue weighted by Crippen LogP contribution is 2.42. The van der Waals surface area contributed by atoms with Gasteiger partial charge in [0.2, 0.25) is 5.91 Å². The number of likely N-dealkylation sites (tertiary alicyclic amines) is 1. The van der Waals surface area contributed by atoms with Crippen molar-refractivity contribution in [1.29, 1.82) is 0 Å². The lowest BCUT2D eigenvalue weighted by Crippen LogP contribution is -2.50. The fourth-order valence-electron chi connectivity index (χ4n) is 4.80. The maximum Gasteiger partial charge on any atom is 0.233 e. The lowest BCUT2D eigenvalue weighted by Gasteiger charge is -2.33. The molecule has 1 saturated carbocycles. The van der Waals surface area contributed by atoms with Crippen molar-refractivity contribution in [2.45, 2.75) is 56.9 Å². The first-order valence-corrected chi connectivity index (χ1v) is 11.7. The van der Waals surface area contributed by atoms with Crippen molar-refractivity contribution in [3.63, 3.8) is 0 Å². The number of aliphatic imine (C=N–C) groups is 1. The smallest absolute Gasteiger partial charge is 0.233 e. The third kappa shape index (κ3) is 6.35. The van der Waals surface area contributed by atoms with E-state index in [-0.39, 0.29) is 11.3 Å². The van der Waals surface area contributed by atoms with E-state index in [2.05, 4.69) is 46.0 Å². The minimum Gasteiger partial charge on any atom is -0.497 e. The second kappa shape index (κ2) is 11.4. The molecule has 1 aromatic carbocycles. The Hall–Kier alpha value is -2.28. The van der Waals surface area contributed by atoms with E-state index in [0.29, 0.717) is 12.6 Å². The fourth-order valence-corrected chi connectivity index (χ4v) is 4.80. The number of hydrogen-bond donors (Lipinski definition) is 3. The molecule has 1 amide bonds. The van der Waals surface area contributed by atoms with Crippen LogP contribution in [-0.4, -0.2) is 69.7 Å². The Morgan fingerprint density at radius 2 is 2.00 bits per heavy atom. The van der Waals surface area contributed by atoms with Gasteiger partial charge in [0, 0.05) is 38.1 Å². The Morgan fingerprint density at radius 1 is 1.26 bits per heavy atom. The number of nitrogens with zero attached hydrogens (tertiary/aromatic N) is 2. The van der Waals surface area contributed by atoms with Crippen molar-refractivity contribution < 1.29 is 9.53 Å². The number of benzene rings is 1. The third-order valence-corrected chi connectivity index (χ3v) is 6.70. The van der Waals surface area contributed by atoms with Crippen molar-refractivity contribution >= 4 is 11.9 Å². The molecule has 1 saturated heterocycles. The lowest BCUT2D eigenvalue weighted by molar-refractivity contribution is -0.122.